The molecule has 6 heteroatoms. The number of hydrogen-bond acceptors (Lipinski definition) is 5. The second-order valence-corrected chi connectivity index (χ2v) is 3.77. The zero-order valence-electron chi connectivity index (χ0n) is 10.3. The molecule has 92 valence electrons. The SMILES string of the molecule is CNc1cn2ccnc2c(N(C)CCOC)n1. The molecule has 17 heavy (non-hydrogen) atoms. The first-order valence-electron chi connectivity index (χ1n) is 5.48. The van der Waals surface area contributed by atoms with E-state index in [0.29, 0.717) is 6.61 Å². The van der Waals surface area contributed by atoms with Gasteiger partial charge in [-0.2, -0.15) is 0 Å². The van der Waals surface area contributed by atoms with Crippen LogP contribution in [0.5, 0.6) is 0 Å². The Morgan fingerprint density at radius 1 is 1.53 bits per heavy atom. The molecule has 2 aromatic heterocycles. The first-order chi connectivity index (χ1) is 8.26. The number of hydrogen-bond donors (Lipinski definition) is 1. The predicted octanol–water partition coefficient (Wildman–Crippen LogP) is 0.854. The molecule has 0 amide bonds. The van der Waals surface area contributed by atoms with Gasteiger partial charge in [0.05, 0.1) is 12.8 Å². The van der Waals surface area contributed by atoms with E-state index in [2.05, 4.69) is 15.3 Å². The number of likely N-dealkylation sites (N-methyl/N-ethyl adjacent to an activating group) is 1. The van der Waals surface area contributed by atoms with Gasteiger partial charge in [-0.25, -0.2) is 9.97 Å². The van der Waals surface area contributed by atoms with Gasteiger partial charge in [0.25, 0.3) is 0 Å². The van der Waals surface area contributed by atoms with E-state index in [1.54, 1.807) is 13.3 Å². The Labute approximate surface area is 100 Å². The third-order valence-corrected chi connectivity index (χ3v) is 2.60. The van der Waals surface area contributed by atoms with Crippen LogP contribution in [0.15, 0.2) is 18.6 Å². The van der Waals surface area contributed by atoms with Crippen LogP contribution in [0, 0.1) is 0 Å². The zero-order valence-corrected chi connectivity index (χ0v) is 10.3. The number of anilines is 2. The topological polar surface area (TPSA) is 54.7 Å². The minimum Gasteiger partial charge on any atom is -0.383 e. The van der Waals surface area contributed by atoms with Crippen molar-refractivity contribution in [3.8, 4) is 0 Å². The fourth-order valence-corrected chi connectivity index (χ4v) is 1.63. The van der Waals surface area contributed by atoms with Crippen molar-refractivity contribution in [2.45, 2.75) is 0 Å². The molecular weight excluding hydrogens is 218 g/mol. The third kappa shape index (κ3) is 2.31. The minimum absolute atomic E-state index is 0.662. The van der Waals surface area contributed by atoms with Gasteiger partial charge in [-0.05, 0) is 0 Å². The summed E-state index contributed by atoms with van der Waals surface area (Å²) in [5.74, 6) is 1.66. The maximum absolute atomic E-state index is 5.07. The van der Waals surface area contributed by atoms with Gasteiger partial charge in [0, 0.05) is 40.1 Å². The summed E-state index contributed by atoms with van der Waals surface area (Å²) in [5.41, 5.74) is 0.850. The number of fused-ring (bicyclic) bond motifs is 1. The molecule has 0 radical (unpaired) electrons. The van der Waals surface area contributed by atoms with Crippen LogP contribution in [0.3, 0.4) is 0 Å². The smallest absolute Gasteiger partial charge is 0.180 e. The lowest BCUT2D eigenvalue weighted by Crippen LogP contribution is -2.24. The summed E-state index contributed by atoms with van der Waals surface area (Å²) < 4.78 is 7.03. The van der Waals surface area contributed by atoms with E-state index in [9.17, 15) is 0 Å². The number of nitrogens with zero attached hydrogens (tertiary/aromatic N) is 4. The Kier molecular flexibility index (Phi) is 3.43. The standard InChI is InChI=1S/C11H17N5O/c1-12-9-8-16-5-4-13-10(16)11(14-9)15(2)6-7-17-3/h4-5,8,12H,6-7H2,1-3H3. The normalized spacial score (nSPS) is 10.8. The van der Waals surface area contributed by atoms with Crippen LogP contribution < -0.4 is 10.2 Å². The second kappa shape index (κ2) is 5.01. The first kappa shape index (κ1) is 11.7. The maximum atomic E-state index is 5.07. The molecule has 0 atom stereocenters. The van der Waals surface area contributed by atoms with Crippen molar-refractivity contribution in [2.24, 2.45) is 0 Å². The van der Waals surface area contributed by atoms with Crippen molar-refractivity contribution < 1.29 is 4.74 Å². The van der Waals surface area contributed by atoms with Gasteiger partial charge in [-0.15, -0.1) is 0 Å². The number of ether oxygens (including phenoxy) is 1. The molecule has 0 saturated carbocycles. The van der Waals surface area contributed by atoms with Gasteiger partial charge in [-0.3, -0.25) is 0 Å². The maximum Gasteiger partial charge on any atom is 0.180 e. The highest BCUT2D eigenvalue weighted by Gasteiger charge is 2.10. The van der Waals surface area contributed by atoms with E-state index < -0.39 is 0 Å². The lowest BCUT2D eigenvalue weighted by molar-refractivity contribution is 0.206. The molecule has 0 aromatic carbocycles. The molecule has 0 bridgehead atoms. The molecule has 1 N–H and O–H groups in total. The summed E-state index contributed by atoms with van der Waals surface area (Å²) in [4.78, 5) is 10.9. The molecule has 0 unspecified atom stereocenters. The van der Waals surface area contributed by atoms with Crippen molar-refractivity contribution in [2.75, 3.05) is 44.6 Å². The van der Waals surface area contributed by atoms with Crippen molar-refractivity contribution in [1.29, 1.82) is 0 Å². The fourth-order valence-electron chi connectivity index (χ4n) is 1.63. The first-order valence-corrected chi connectivity index (χ1v) is 5.48. The quantitative estimate of drug-likeness (QED) is 0.832. The van der Waals surface area contributed by atoms with Gasteiger partial charge in [0.2, 0.25) is 0 Å². The van der Waals surface area contributed by atoms with Crippen LogP contribution in [-0.4, -0.2) is 48.7 Å². The number of rotatable bonds is 5. The van der Waals surface area contributed by atoms with E-state index in [4.69, 9.17) is 4.74 Å². The highest BCUT2D eigenvalue weighted by molar-refractivity contribution is 5.66. The summed E-state index contributed by atoms with van der Waals surface area (Å²) in [6.07, 6.45) is 5.59. The van der Waals surface area contributed by atoms with Gasteiger partial charge in [0.1, 0.15) is 5.82 Å². The molecule has 0 aliphatic carbocycles. The van der Waals surface area contributed by atoms with E-state index in [1.165, 1.54) is 0 Å². The Hall–Kier alpha value is -1.82. The molecule has 2 rings (SSSR count). The van der Waals surface area contributed by atoms with Crippen molar-refractivity contribution >= 4 is 17.3 Å². The highest BCUT2D eigenvalue weighted by atomic mass is 16.5. The molecule has 0 saturated heterocycles. The molecule has 0 fully saturated rings. The number of methoxy groups -OCH3 is 1. The van der Waals surface area contributed by atoms with E-state index >= 15 is 0 Å². The van der Waals surface area contributed by atoms with E-state index in [0.717, 1.165) is 23.8 Å². The van der Waals surface area contributed by atoms with Crippen LogP contribution in [0.25, 0.3) is 5.65 Å². The zero-order chi connectivity index (χ0) is 12.3. The molecule has 0 aliphatic rings. The summed E-state index contributed by atoms with van der Waals surface area (Å²) in [6, 6.07) is 0. The van der Waals surface area contributed by atoms with Crippen molar-refractivity contribution in [3.63, 3.8) is 0 Å². The molecular formula is C11H17N5O. The molecule has 2 aromatic rings. The van der Waals surface area contributed by atoms with Gasteiger partial charge in [0.15, 0.2) is 11.5 Å². The molecule has 2 heterocycles. The summed E-state index contributed by atoms with van der Waals surface area (Å²) in [6.45, 7) is 1.44. The summed E-state index contributed by atoms with van der Waals surface area (Å²) in [5, 5.41) is 3.04. The van der Waals surface area contributed by atoms with Crippen LogP contribution in [0.1, 0.15) is 0 Å². The minimum atomic E-state index is 0.662. The second-order valence-electron chi connectivity index (χ2n) is 3.77. The number of nitrogens with one attached hydrogen (secondary N) is 1. The van der Waals surface area contributed by atoms with Crippen LogP contribution >= 0.6 is 0 Å². The fraction of sp³-hybridized carbons (Fsp3) is 0.455. The largest absolute Gasteiger partial charge is 0.383 e. The highest BCUT2D eigenvalue weighted by Crippen LogP contribution is 2.19. The van der Waals surface area contributed by atoms with Gasteiger partial charge < -0.3 is 19.4 Å². The Morgan fingerprint density at radius 2 is 2.35 bits per heavy atom. The Balaban J connectivity index is 2.39. The van der Waals surface area contributed by atoms with Gasteiger partial charge >= 0.3 is 0 Å². The van der Waals surface area contributed by atoms with Crippen LogP contribution in [0.4, 0.5) is 11.6 Å². The molecule has 0 spiro atoms. The van der Waals surface area contributed by atoms with Gasteiger partial charge in [-0.1, -0.05) is 0 Å². The van der Waals surface area contributed by atoms with Crippen molar-refractivity contribution in [3.05, 3.63) is 18.6 Å². The third-order valence-electron chi connectivity index (χ3n) is 2.60. The van der Waals surface area contributed by atoms with E-state index in [1.807, 2.05) is 35.8 Å². The lowest BCUT2D eigenvalue weighted by atomic mass is 10.5. The monoisotopic (exact) mass is 235 g/mol. The summed E-state index contributed by atoms with van der Waals surface area (Å²) >= 11 is 0. The van der Waals surface area contributed by atoms with Crippen molar-refractivity contribution in [1.82, 2.24) is 14.4 Å². The Bertz CT molecular complexity index is 496. The molecule has 0 aliphatic heterocycles. The Morgan fingerprint density at radius 3 is 3.06 bits per heavy atom. The van der Waals surface area contributed by atoms with Crippen LogP contribution in [-0.2, 0) is 4.74 Å². The van der Waals surface area contributed by atoms with Crippen LogP contribution in [0.2, 0.25) is 0 Å². The number of aromatic nitrogens is 3. The lowest BCUT2D eigenvalue weighted by Gasteiger charge is -2.18. The number of imidazole rings is 1. The van der Waals surface area contributed by atoms with E-state index in [-0.39, 0.29) is 0 Å². The summed E-state index contributed by atoms with van der Waals surface area (Å²) in [7, 11) is 5.52. The molecule has 6 nitrogen and oxygen atoms in total. The average molecular weight is 235 g/mol. The predicted molar refractivity (Wildman–Crippen MR) is 67.7 cm³/mol. The average Bonchev–Trinajstić information content (AvgIpc) is 2.82.